The Labute approximate surface area is 96.4 Å². The lowest BCUT2D eigenvalue weighted by atomic mass is 9.90. The zero-order valence-electron chi connectivity index (χ0n) is 9.17. The van der Waals surface area contributed by atoms with Gasteiger partial charge in [0, 0.05) is 18.1 Å². The Bertz CT molecular complexity index is 459. The number of halogens is 3. The summed E-state index contributed by atoms with van der Waals surface area (Å²) in [5.41, 5.74) is -0.0381. The van der Waals surface area contributed by atoms with E-state index in [2.05, 4.69) is 0 Å². The smallest absolute Gasteiger partial charge is 0.161 e. The normalized spacial score (nSPS) is 25.1. The van der Waals surface area contributed by atoms with Crippen LogP contribution in [0.15, 0.2) is 12.1 Å². The molecule has 1 aromatic carbocycles. The first-order chi connectivity index (χ1) is 7.99. The van der Waals surface area contributed by atoms with Gasteiger partial charge in [-0.3, -0.25) is 4.79 Å². The first-order valence-corrected chi connectivity index (χ1v) is 5.26. The van der Waals surface area contributed by atoms with Gasteiger partial charge in [-0.1, -0.05) is 6.92 Å². The van der Waals surface area contributed by atoms with E-state index >= 15 is 0 Å². The predicted molar refractivity (Wildman–Crippen MR) is 53.8 cm³/mol. The fourth-order valence-corrected chi connectivity index (χ4v) is 2.02. The highest BCUT2D eigenvalue weighted by atomic mass is 19.2. The molecule has 0 saturated carbocycles. The summed E-state index contributed by atoms with van der Waals surface area (Å²) in [7, 11) is 0. The Kier molecular flexibility index (Phi) is 3.19. The third-order valence-corrected chi connectivity index (χ3v) is 2.84. The van der Waals surface area contributed by atoms with Crippen molar-refractivity contribution in [2.24, 2.45) is 5.92 Å². The Hall–Kier alpha value is -1.36. The molecule has 17 heavy (non-hydrogen) atoms. The minimum Gasteiger partial charge on any atom is -0.365 e. The van der Waals surface area contributed by atoms with E-state index < -0.39 is 23.6 Å². The molecule has 0 aliphatic carbocycles. The van der Waals surface area contributed by atoms with Crippen molar-refractivity contribution in [2.45, 2.75) is 19.4 Å². The molecule has 0 N–H and O–H groups in total. The maximum absolute atomic E-state index is 13.5. The maximum atomic E-state index is 13.5. The number of carbonyl (C=O) groups is 1. The zero-order chi connectivity index (χ0) is 12.6. The Morgan fingerprint density at radius 3 is 2.47 bits per heavy atom. The number of Topliss-reactive ketones (excluding diaryl/α,β-unsaturated/α-hetero) is 1. The highest BCUT2D eigenvalue weighted by Crippen LogP contribution is 2.34. The van der Waals surface area contributed by atoms with E-state index in [0.717, 1.165) is 6.07 Å². The monoisotopic (exact) mass is 244 g/mol. The van der Waals surface area contributed by atoms with Gasteiger partial charge in [-0.25, -0.2) is 13.2 Å². The molecule has 2 rings (SSSR count). The lowest BCUT2D eigenvalue weighted by molar-refractivity contribution is -0.136. The van der Waals surface area contributed by atoms with E-state index in [9.17, 15) is 18.0 Å². The van der Waals surface area contributed by atoms with Gasteiger partial charge >= 0.3 is 0 Å². The van der Waals surface area contributed by atoms with Crippen LogP contribution in [0.4, 0.5) is 13.2 Å². The van der Waals surface area contributed by atoms with Crippen LogP contribution in [-0.4, -0.2) is 12.4 Å². The minimum absolute atomic E-state index is 0.0381. The van der Waals surface area contributed by atoms with Crippen molar-refractivity contribution < 1.29 is 22.7 Å². The summed E-state index contributed by atoms with van der Waals surface area (Å²) in [6, 6.07) is 1.29. The SMILES string of the molecule is CC1CC(=O)COC1c1cc(F)c(F)cc1F. The van der Waals surface area contributed by atoms with E-state index in [-0.39, 0.29) is 30.3 Å². The summed E-state index contributed by atoms with van der Waals surface area (Å²) in [5.74, 6) is -3.53. The molecule has 2 nitrogen and oxygen atoms in total. The number of rotatable bonds is 1. The third-order valence-electron chi connectivity index (χ3n) is 2.84. The van der Waals surface area contributed by atoms with E-state index in [0.29, 0.717) is 6.07 Å². The van der Waals surface area contributed by atoms with Crippen LogP contribution < -0.4 is 0 Å². The molecular weight excluding hydrogens is 233 g/mol. The van der Waals surface area contributed by atoms with Crippen molar-refractivity contribution in [1.29, 1.82) is 0 Å². The van der Waals surface area contributed by atoms with Gasteiger partial charge in [-0.15, -0.1) is 0 Å². The Morgan fingerprint density at radius 1 is 1.18 bits per heavy atom. The van der Waals surface area contributed by atoms with E-state index in [4.69, 9.17) is 4.74 Å². The van der Waals surface area contributed by atoms with Gasteiger partial charge in [0.15, 0.2) is 17.4 Å². The summed E-state index contributed by atoms with van der Waals surface area (Å²) in [4.78, 5) is 11.1. The number of carbonyl (C=O) groups excluding carboxylic acids is 1. The Balaban J connectivity index is 2.34. The van der Waals surface area contributed by atoms with Crippen LogP contribution in [0.3, 0.4) is 0 Å². The number of ketones is 1. The van der Waals surface area contributed by atoms with E-state index in [1.807, 2.05) is 0 Å². The quantitative estimate of drug-likeness (QED) is 0.710. The first-order valence-electron chi connectivity index (χ1n) is 5.26. The molecule has 1 saturated heterocycles. The summed E-state index contributed by atoms with van der Waals surface area (Å²) < 4.78 is 44.5. The van der Waals surface area contributed by atoms with E-state index in [1.165, 1.54) is 0 Å². The molecule has 0 spiro atoms. The molecule has 1 aromatic rings. The molecule has 1 aliphatic rings. The van der Waals surface area contributed by atoms with Gasteiger partial charge in [-0.2, -0.15) is 0 Å². The van der Waals surface area contributed by atoms with Crippen LogP contribution in [0.25, 0.3) is 0 Å². The molecule has 2 unspecified atom stereocenters. The van der Waals surface area contributed by atoms with Gasteiger partial charge in [0.25, 0.3) is 0 Å². The Morgan fingerprint density at radius 2 is 1.82 bits per heavy atom. The van der Waals surface area contributed by atoms with Gasteiger partial charge < -0.3 is 4.74 Å². The molecule has 0 radical (unpaired) electrons. The molecule has 92 valence electrons. The topological polar surface area (TPSA) is 26.3 Å². The number of hydrogen-bond donors (Lipinski definition) is 0. The lowest BCUT2D eigenvalue weighted by Crippen LogP contribution is -2.28. The summed E-state index contributed by atoms with van der Waals surface area (Å²) in [6.07, 6.45) is -0.453. The van der Waals surface area contributed by atoms with Crippen molar-refractivity contribution in [1.82, 2.24) is 0 Å². The first kappa shape index (κ1) is 12.1. The number of hydrogen-bond acceptors (Lipinski definition) is 2. The highest BCUT2D eigenvalue weighted by molar-refractivity contribution is 5.80. The standard InChI is InChI=1S/C12H11F3O2/c1-6-2-7(16)5-17-12(6)8-3-10(14)11(15)4-9(8)13/h3-4,6,12H,2,5H2,1H3. The molecular formula is C12H11F3O2. The van der Waals surface area contributed by atoms with Gasteiger partial charge in [0.1, 0.15) is 12.4 Å². The second-order valence-corrected chi connectivity index (χ2v) is 4.24. The van der Waals surface area contributed by atoms with Crippen molar-refractivity contribution >= 4 is 5.78 Å². The summed E-state index contributed by atoms with van der Waals surface area (Å²) in [6.45, 7) is 1.59. The third kappa shape index (κ3) is 2.34. The fraction of sp³-hybridized carbons (Fsp3) is 0.417. The van der Waals surface area contributed by atoms with Crippen LogP contribution in [0.5, 0.6) is 0 Å². The molecule has 1 aliphatic heterocycles. The highest BCUT2D eigenvalue weighted by Gasteiger charge is 2.30. The number of ether oxygens (including phenoxy) is 1. The van der Waals surface area contributed by atoms with Gasteiger partial charge in [0.2, 0.25) is 0 Å². The fourth-order valence-electron chi connectivity index (χ4n) is 2.02. The molecule has 1 fully saturated rings. The second kappa shape index (κ2) is 4.49. The molecule has 5 heteroatoms. The van der Waals surface area contributed by atoms with Gasteiger partial charge in [-0.05, 0) is 12.0 Å². The van der Waals surface area contributed by atoms with Crippen molar-refractivity contribution in [3.05, 3.63) is 35.1 Å². The summed E-state index contributed by atoms with van der Waals surface area (Å²) in [5, 5.41) is 0. The number of benzene rings is 1. The molecule has 1 heterocycles. The van der Waals surface area contributed by atoms with E-state index in [1.54, 1.807) is 6.92 Å². The maximum Gasteiger partial charge on any atom is 0.161 e. The molecule has 0 bridgehead atoms. The van der Waals surface area contributed by atoms with Crippen LogP contribution in [-0.2, 0) is 9.53 Å². The zero-order valence-corrected chi connectivity index (χ0v) is 9.17. The minimum atomic E-state index is -1.23. The van der Waals surface area contributed by atoms with Gasteiger partial charge in [0.05, 0.1) is 6.10 Å². The van der Waals surface area contributed by atoms with Crippen molar-refractivity contribution in [3.63, 3.8) is 0 Å². The molecule has 0 aromatic heterocycles. The largest absolute Gasteiger partial charge is 0.365 e. The lowest BCUT2D eigenvalue weighted by Gasteiger charge is -2.28. The molecule has 2 atom stereocenters. The summed E-state index contributed by atoms with van der Waals surface area (Å²) >= 11 is 0. The molecule has 0 amide bonds. The van der Waals surface area contributed by atoms with Crippen molar-refractivity contribution in [2.75, 3.05) is 6.61 Å². The van der Waals surface area contributed by atoms with Crippen LogP contribution in [0.2, 0.25) is 0 Å². The average Bonchev–Trinajstić information content (AvgIpc) is 2.24. The van der Waals surface area contributed by atoms with Crippen molar-refractivity contribution in [3.8, 4) is 0 Å². The predicted octanol–water partition coefficient (Wildman–Crippen LogP) is 2.77. The average molecular weight is 244 g/mol. The second-order valence-electron chi connectivity index (χ2n) is 4.24. The van der Waals surface area contributed by atoms with Crippen LogP contribution in [0, 0.1) is 23.4 Å². The van der Waals surface area contributed by atoms with Crippen LogP contribution >= 0.6 is 0 Å². The van der Waals surface area contributed by atoms with Crippen LogP contribution in [0.1, 0.15) is 25.0 Å².